The van der Waals surface area contributed by atoms with E-state index in [0.717, 1.165) is 16.0 Å². The van der Waals surface area contributed by atoms with Crippen molar-refractivity contribution in [2.24, 2.45) is 7.05 Å². The molecule has 0 amide bonds. The van der Waals surface area contributed by atoms with Crippen molar-refractivity contribution in [1.29, 1.82) is 0 Å². The minimum Gasteiger partial charge on any atom is -0.319 e. The number of rotatable bonds is 4. The van der Waals surface area contributed by atoms with Crippen LogP contribution in [0, 0.1) is 0 Å². The molecule has 1 unspecified atom stereocenters. The maximum atomic E-state index is 4.30. The van der Waals surface area contributed by atoms with Gasteiger partial charge >= 0.3 is 0 Å². The summed E-state index contributed by atoms with van der Waals surface area (Å²) in [5.41, 5.74) is 1.00. The molecule has 17 heavy (non-hydrogen) atoms. The topological polar surface area (TPSA) is 55.6 Å². The molecule has 90 valence electrons. The van der Waals surface area contributed by atoms with Crippen LogP contribution in [0.4, 0.5) is 0 Å². The van der Waals surface area contributed by atoms with Crippen LogP contribution in [0.15, 0.2) is 29.1 Å². The lowest BCUT2D eigenvalue weighted by molar-refractivity contribution is 0.523. The van der Waals surface area contributed by atoms with E-state index in [4.69, 9.17) is 0 Å². The van der Waals surface area contributed by atoms with Gasteiger partial charge in [0.2, 0.25) is 0 Å². The smallest absolute Gasteiger partial charge is 0.149 e. The van der Waals surface area contributed by atoms with E-state index in [1.54, 1.807) is 12.5 Å². The zero-order valence-electron chi connectivity index (χ0n) is 9.76. The summed E-state index contributed by atoms with van der Waals surface area (Å²) in [6.07, 6.45) is 3.50. The highest BCUT2D eigenvalue weighted by Gasteiger charge is 2.10. The number of halogens is 1. The third-order valence-electron chi connectivity index (χ3n) is 2.51. The molecule has 0 aliphatic carbocycles. The molecule has 2 heterocycles. The minimum atomic E-state index is 0.146. The van der Waals surface area contributed by atoms with Gasteiger partial charge in [0.1, 0.15) is 12.2 Å². The Bertz CT molecular complexity index is 479. The van der Waals surface area contributed by atoms with Crippen LogP contribution in [0.5, 0.6) is 0 Å². The van der Waals surface area contributed by atoms with Gasteiger partial charge in [-0.2, -0.15) is 0 Å². The van der Waals surface area contributed by atoms with Crippen molar-refractivity contribution in [1.82, 2.24) is 25.1 Å². The van der Waals surface area contributed by atoms with Crippen molar-refractivity contribution in [3.63, 3.8) is 0 Å². The van der Waals surface area contributed by atoms with Crippen molar-refractivity contribution >= 4 is 15.9 Å². The second kappa shape index (κ2) is 5.37. The average Bonchev–Trinajstić information content (AvgIpc) is 2.74. The normalized spacial score (nSPS) is 12.6. The first-order valence-corrected chi connectivity index (χ1v) is 6.14. The van der Waals surface area contributed by atoms with Crippen LogP contribution >= 0.6 is 15.9 Å². The van der Waals surface area contributed by atoms with E-state index in [-0.39, 0.29) is 6.04 Å². The molecule has 0 saturated carbocycles. The molecule has 2 aromatic rings. The van der Waals surface area contributed by atoms with E-state index in [2.05, 4.69) is 43.4 Å². The van der Waals surface area contributed by atoms with E-state index in [1.165, 1.54) is 0 Å². The lowest BCUT2D eigenvalue weighted by Crippen LogP contribution is -2.21. The Hall–Kier alpha value is -1.27. The molecule has 0 radical (unpaired) electrons. The Labute approximate surface area is 108 Å². The van der Waals surface area contributed by atoms with Gasteiger partial charge in [-0.1, -0.05) is 0 Å². The lowest BCUT2D eigenvalue weighted by Gasteiger charge is -2.12. The summed E-state index contributed by atoms with van der Waals surface area (Å²) < 4.78 is 2.90. The molecule has 5 nitrogen and oxygen atoms in total. The maximum Gasteiger partial charge on any atom is 0.149 e. The molecule has 1 atom stereocenters. The molecular formula is C11H14BrN5. The molecule has 0 saturated heterocycles. The van der Waals surface area contributed by atoms with Gasteiger partial charge in [0.25, 0.3) is 0 Å². The van der Waals surface area contributed by atoms with Gasteiger partial charge in [-0.15, -0.1) is 10.2 Å². The molecule has 1 N–H and O–H groups in total. The quantitative estimate of drug-likeness (QED) is 0.935. The number of hydrogen-bond donors (Lipinski definition) is 1. The molecule has 0 aliphatic heterocycles. The van der Waals surface area contributed by atoms with Gasteiger partial charge in [-0.25, -0.2) is 0 Å². The van der Waals surface area contributed by atoms with Crippen molar-refractivity contribution in [2.45, 2.75) is 19.5 Å². The fourth-order valence-corrected chi connectivity index (χ4v) is 1.78. The third-order valence-corrected chi connectivity index (χ3v) is 2.98. The van der Waals surface area contributed by atoms with Crippen LogP contribution in [0.3, 0.4) is 0 Å². The number of nitrogens with one attached hydrogen (secondary N) is 1. The highest BCUT2D eigenvalue weighted by molar-refractivity contribution is 9.10. The van der Waals surface area contributed by atoms with Crippen LogP contribution in [0.25, 0.3) is 0 Å². The van der Waals surface area contributed by atoms with Gasteiger partial charge in [0, 0.05) is 24.3 Å². The molecule has 0 aliphatic rings. The largest absolute Gasteiger partial charge is 0.319 e. The fraction of sp³-hybridized carbons (Fsp3) is 0.364. The molecule has 2 aromatic heterocycles. The maximum absolute atomic E-state index is 4.30. The predicted molar refractivity (Wildman–Crippen MR) is 68.2 cm³/mol. The van der Waals surface area contributed by atoms with Crippen LogP contribution in [0.2, 0.25) is 0 Å². The number of hydrogen-bond acceptors (Lipinski definition) is 4. The Morgan fingerprint density at radius 1 is 1.47 bits per heavy atom. The summed E-state index contributed by atoms with van der Waals surface area (Å²) in [6, 6.07) is 4.12. The zero-order chi connectivity index (χ0) is 12.3. The van der Waals surface area contributed by atoms with E-state index in [9.17, 15) is 0 Å². The predicted octanol–water partition coefficient (Wildman–Crippen LogP) is 1.82. The van der Waals surface area contributed by atoms with Crippen LogP contribution < -0.4 is 5.32 Å². The monoisotopic (exact) mass is 295 g/mol. The van der Waals surface area contributed by atoms with Crippen molar-refractivity contribution < 1.29 is 0 Å². The van der Waals surface area contributed by atoms with E-state index in [0.29, 0.717) is 6.54 Å². The minimum absolute atomic E-state index is 0.146. The van der Waals surface area contributed by atoms with Gasteiger partial charge in [-0.05, 0) is 35.0 Å². The summed E-state index contributed by atoms with van der Waals surface area (Å²) in [6.45, 7) is 2.77. The van der Waals surface area contributed by atoms with Gasteiger partial charge in [0.05, 0.1) is 11.7 Å². The number of pyridine rings is 1. The first kappa shape index (κ1) is 12.2. The fourth-order valence-electron chi connectivity index (χ4n) is 1.54. The Morgan fingerprint density at radius 2 is 2.29 bits per heavy atom. The lowest BCUT2D eigenvalue weighted by atomic mass is 10.3. The van der Waals surface area contributed by atoms with Gasteiger partial charge in [0.15, 0.2) is 0 Å². The van der Waals surface area contributed by atoms with Crippen LogP contribution in [-0.4, -0.2) is 19.7 Å². The Kier molecular flexibility index (Phi) is 3.86. The summed E-state index contributed by atoms with van der Waals surface area (Å²) in [4.78, 5) is 4.30. The first-order chi connectivity index (χ1) is 8.16. The molecule has 0 bridgehead atoms. The highest BCUT2D eigenvalue weighted by Crippen LogP contribution is 2.10. The first-order valence-electron chi connectivity index (χ1n) is 5.34. The van der Waals surface area contributed by atoms with Crippen molar-refractivity contribution in [2.75, 3.05) is 0 Å². The highest BCUT2D eigenvalue weighted by atomic mass is 79.9. The summed E-state index contributed by atoms with van der Waals surface area (Å²) in [7, 11) is 1.94. The molecular weight excluding hydrogens is 282 g/mol. The number of nitrogens with zero attached hydrogens (tertiary/aromatic N) is 4. The molecule has 2 rings (SSSR count). The number of aryl methyl sites for hydroxylation is 1. The summed E-state index contributed by atoms with van der Waals surface area (Å²) in [5, 5.41) is 11.3. The second-order valence-corrected chi connectivity index (χ2v) is 4.79. The summed E-state index contributed by atoms with van der Waals surface area (Å²) >= 11 is 3.36. The van der Waals surface area contributed by atoms with Crippen LogP contribution in [-0.2, 0) is 13.6 Å². The standard InChI is InChI=1S/C11H14BrN5/c1-8(11-16-15-7-17(11)2)13-6-10-4-3-9(12)5-14-10/h3-5,7-8,13H,6H2,1-2H3. The van der Waals surface area contributed by atoms with E-state index in [1.807, 2.05) is 23.7 Å². The summed E-state index contributed by atoms with van der Waals surface area (Å²) in [5.74, 6) is 0.919. The zero-order valence-corrected chi connectivity index (χ0v) is 11.3. The van der Waals surface area contributed by atoms with E-state index >= 15 is 0 Å². The second-order valence-electron chi connectivity index (χ2n) is 3.87. The average molecular weight is 296 g/mol. The van der Waals surface area contributed by atoms with Crippen LogP contribution in [0.1, 0.15) is 24.5 Å². The SMILES string of the molecule is CC(NCc1ccc(Br)cn1)c1nncn1C. The van der Waals surface area contributed by atoms with Crippen molar-refractivity contribution in [3.8, 4) is 0 Å². The van der Waals surface area contributed by atoms with E-state index < -0.39 is 0 Å². The molecule has 0 spiro atoms. The molecule has 0 aromatic carbocycles. The number of aromatic nitrogens is 4. The molecule has 0 fully saturated rings. The Balaban J connectivity index is 1.94. The molecule has 6 heteroatoms. The Morgan fingerprint density at radius 3 is 2.88 bits per heavy atom. The van der Waals surface area contributed by atoms with Gasteiger partial charge in [-0.3, -0.25) is 4.98 Å². The van der Waals surface area contributed by atoms with Crippen molar-refractivity contribution in [3.05, 3.63) is 40.6 Å². The third kappa shape index (κ3) is 3.10. The van der Waals surface area contributed by atoms with Gasteiger partial charge < -0.3 is 9.88 Å².